The van der Waals surface area contributed by atoms with E-state index >= 15 is 0 Å². The molecule has 7 nitrogen and oxygen atoms in total. The van der Waals surface area contributed by atoms with E-state index in [-0.39, 0.29) is 17.7 Å². The number of anilines is 1. The van der Waals surface area contributed by atoms with Crippen molar-refractivity contribution in [2.24, 2.45) is 11.3 Å². The lowest BCUT2D eigenvalue weighted by atomic mass is 9.77. The molecule has 5 rings (SSSR count). The number of aromatic nitrogens is 1. The van der Waals surface area contributed by atoms with Crippen LogP contribution in [0.4, 0.5) is 5.69 Å². The Kier molecular flexibility index (Phi) is 7.09. The maximum absolute atomic E-state index is 13.9. The van der Waals surface area contributed by atoms with E-state index in [0.717, 1.165) is 48.6 Å². The average molecular weight is 493 g/mol. The van der Waals surface area contributed by atoms with Crippen LogP contribution in [-0.4, -0.2) is 73.0 Å². The first-order chi connectivity index (χ1) is 17.4. The normalized spacial score (nSPS) is 22.2. The fraction of sp³-hybridized carbons (Fsp3) is 0.621. The van der Waals surface area contributed by atoms with Crippen LogP contribution in [-0.2, 0) is 9.53 Å². The number of carbonyl (C=O) groups is 2. The highest BCUT2D eigenvalue weighted by molar-refractivity contribution is 6.02. The molecule has 0 atom stereocenters. The lowest BCUT2D eigenvalue weighted by Gasteiger charge is -2.42. The number of piperazine rings is 1. The van der Waals surface area contributed by atoms with Gasteiger partial charge >= 0.3 is 0 Å². The summed E-state index contributed by atoms with van der Waals surface area (Å²) in [4.78, 5) is 37.3. The summed E-state index contributed by atoms with van der Waals surface area (Å²) in [5.41, 5.74) is 3.74. The number of ether oxygens (including phenoxy) is 1. The smallest absolute Gasteiger partial charge is 0.257 e. The average Bonchev–Trinajstić information content (AvgIpc) is 3.68. The second-order valence-corrected chi connectivity index (χ2v) is 11.1. The summed E-state index contributed by atoms with van der Waals surface area (Å²) in [6.45, 7) is 10.1. The van der Waals surface area contributed by atoms with Gasteiger partial charge in [0.15, 0.2) is 0 Å². The van der Waals surface area contributed by atoms with Gasteiger partial charge in [0, 0.05) is 56.9 Å². The minimum Gasteiger partial charge on any atom is -0.501 e. The van der Waals surface area contributed by atoms with E-state index in [2.05, 4.69) is 16.5 Å². The van der Waals surface area contributed by atoms with Crippen LogP contribution < -0.4 is 4.90 Å². The van der Waals surface area contributed by atoms with Crippen LogP contribution in [0.3, 0.4) is 0 Å². The van der Waals surface area contributed by atoms with Gasteiger partial charge in [0.1, 0.15) is 0 Å². The number of pyridine rings is 1. The number of hydrogen-bond donors (Lipinski definition) is 0. The monoisotopic (exact) mass is 492 g/mol. The van der Waals surface area contributed by atoms with Gasteiger partial charge < -0.3 is 19.4 Å². The fourth-order valence-corrected chi connectivity index (χ4v) is 6.31. The minimum absolute atomic E-state index is 0.00231. The molecule has 0 unspecified atom stereocenters. The standard InChI is InChI=1S/C29H40N4O3/c1-4-25-23(19-21(2)36-3)26(31-13-11-29(12-14-31)9-5-6-10-29)24(20-30-25)28(35)33-17-15-32(16-18-33)27(34)22-7-8-22/h4,19-20,22H,1,5-18H2,2-3H3/b21-19+. The maximum Gasteiger partial charge on any atom is 0.257 e. The Labute approximate surface area is 215 Å². The van der Waals surface area contributed by atoms with Gasteiger partial charge in [0.05, 0.1) is 29.8 Å². The van der Waals surface area contributed by atoms with Crippen LogP contribution in [0.1, 0.15) is 79.9 Å². The first-order valence-electron chi connectivity index (χ1n) is 13.7. The summed E-state index contributed by atoms with van der Waals surface area (Å²) >= 11 is 0. The van der Waals surface area contributed by atoms with Gasteiger partial charge in [-0.05, 0) is 63.0 Å². The number of rotatable bonds is 6. The van der Waals surface area contributed by atoms with E-state index in [9.17, 15) is 9.59 Å². The summed E-state index contributed by atoms with van der Waals surface area (Å²) in [5.74, 6) is 1.24. The molecule has 0 bridgehead atoms. The number of piperidine rings is 1. The van der Waals surface area contributed by atoms with Crippen LogP contribution in [0.5, 0.6) is 0 Å². The van der Waals surface area contributed by atoms with Gasteiger partial charge in [-0.3, -0.25) is 14.6 Å². The molecule has 2 saturated heterocycles. The van der Waals surface area contributed by atoms with Crippen LogP contribution in [0.15, 0.2) is 18.5 Å². The topological polar surface area (TPSA) is 66.0 Å². The molecule has 2 amide bonds. The lowest BCUT2D eigenvalue weighted by molar-refractivity contribution is -0.134. The van der Waals surface area contributed by atoms with Gasteiger partial charge in [-0.15, -0.1) is 0 Å². The third-order valence-electron chi connectivity index (χ3n) is 8.82. The molecule has 194 valence electrons. The molecular weight excluding hydrogens is 452 g/mol. The van der Waals surface area contributed by atoms with Gasteiger partial charge in [-0.25, -0.2) is 0 Å². The Morgan fingerprint density at radius 3 is 2.25 bits per heavy atom. The van der Waals surface area contributed by atoms with Crippen LogP contribution in [0.25, 0.3) is 12.2 Å². The molecule has 0 radical (unpaired) electrons. The van der Waals surface area contributed by atoms with Crippen molar-refractivity contribution in [3.05, 3.63) is 35.4 Å². The zero-order valence-corrected chi connectivity index (χ0v) is 21.9. The van der Waals surface area contributed by atoms with E-state index in [1.807, 2.05) is 22.8 Å². The van der Waals surface area contributed by atoms with Crippen molar-refractivity contribution in [1.29, 1.82) is 0 Å². The maximum atomic E-state index is 13.9. The van der Waals surface area contributed by atoms with Crippen molar-refractivity contribution in [2.45, 2.75) is 58.3 Å². The van der Waals surface area contributed by atoms with Gasteiger partial charge in [-0.1, -0.05) is 19.4 Å². The van der Waals surface area contributed by atoms with Crippen LogP contribution >= 0.6 is 0 Å². The van der Waals surface area contributed by atoms with E-state index in [0.29, 0.717) is 37.2 Å². The predicted molar refractivity (Wildman–Crippen MR) is 143 cm³/mol. The van der Waals surface area contributed by atoms with E-state index in [1.54, 1.807) is 19.4 Å². The Balaban J connectivity index is 1.44. The first kappa shape index (κ1) is 24.8. The highest BCUT2D eigenvalue weighted by atomic mass is 16.5. The third kappa shape index (κ3) is 4.89. The number of allylic oxidation sites excluding steroid dienone is 1. The quantitative estimate of drug-likeness (QED) is 0.544. The number of hydrogen-bond acceptors (Lipinski definition) is 5. The molecule has 4 aliphatic rings. The molecule has 1 spiro atoms. The van der Waals surface area contributed by atoms with Gasteiger partial charge in [-0.2, -0.15) is 0 Å². The summed E-state index contributed by atoms with van der Waals surface area (Å²) in [7, 11) is 1.66. The van der Waals surface area contributed by atoms with Crippen LogP contribution in [0.2, 0.25) is 0 Å². The predicted octanol–water partition coefficient (Wildman–Crippen LogP) is 4.59. The minimum atomic E-state index is -0.00231. The van der Waals surface area contributed by atoms with Crippen molar-refractivity contribution < 1.29 is 14.3 Å². The van der Waals surface area contributed by atoms with Crippen LogP contribution in [0, 0.1) is 11.3 Å². The molecule has 1 aromatic rings. The molecule has 3 heterocycles. The number of amides is 2. The summed E-state index contributed by atoms with van der Waals surface area (Å²) in [6, 6.07) is 0. The van der Waals surface area contributed by atoms with Crippen molar-refractivity contribution in [2.75, 3.05) is 51.3 Å². The molecule has 2 aliphatic heterocycles. The second-order valence-electron chi connectivity index (χ2n) is 11.1. The van der Waals surface area contributed by atoms with E-state index in [4.69, 9.17) is 4.74 Å². The number of nitrogens with zero attached hydrogens (tertiary/aromatic N) is 4. The van der Waals surface area contributed by atoms with Crippen molar-refractivity contribution in [1.82, 2.24) is 14.8 Å². The summed E-state index contributed by atoms with van der Waals surface area (Å²) < 4.78 is 5.50. The Hall–Kier alpha value is -2.83. The molecule has 0 N–H and O–H groups in total. The van der Waals surface area contributed by atoms with Crippen molar-refractivity contribution in [3.8, 4) is 0 Å². The highest BCUT2D eigenvalue weighted by Crippen LogP contribution is 2.47. The molecule has 4 fully saturated rings. The molecule has 0 aromatic carbocycles. The SMILES string of the molecule is C=Cc1ncc(C(=O)N2CCN(C(=O)C3CC3)CC2)c(N2CCC3(CCCC3)CC2)c1/C=C(\C)OC. The van der Waals surface area contributed by atoms with E-state index in [1.165, 1.54) is 38.5 Å². The Morgan fingerprint density at radius 2 is 1.67 bits per heavy atom. The van der Waals surface area contributed by atoms with Crippen molar-refractivity contribution >= 4 is 29.7 Å². The molecule has 1 aromatic heterocycles. The molecule has 7 heteroatoms. The summed E-state index contributed by atoms with van der Waals surface area (Å²) in [5, 5.41) is 0. The number of methoxy groups -OCH3 is 1. The van der Waals surface area contributed by atoms with Gasteiger partial charge in [0.2, 0.25) is 5.91 Å². The molecule has 2 saturated carbocycles. The third-order valence-corrected chi connectivity index (χ3v) is 8.82. The largest absolute Gasteiger partial charge is 0.501 e. The number of carbonyl (C=O) groups excluding carboxylic acids is 2. The zero-order valence-electron chi connectivity index (χ0n) is 21.9. The zero-order chi connectivity index (χ0) is 25.3. The highest BCUT2D eigenvalue weighted by Gasteiger charge is 2.39. The van der Waals surface area contributed by atoms with Gasteiger partial charge in [0.25, 0.3) is 5.91 Å². The van der Waals surface area contributed by atoms with Crippen molar-refractivity contribution in [3.63, 3.8) is 0 Å². The molecule has 2 aliphatic carbocycles. The molecule has 36 heavy (non-hydrogen) atoms. The molecular formula is C29H40N4O3. The summed E-state index contributed by atoms with van der Waals surface area (Å²) in [6.07, 6.45) is 15.2. The lowest BCUT2D eigenvalue weighted by Crippen LogP contribution is -2.51. The Bertz CT molecular complexity index is 1040. The first-order valence-corrected chi connectivity index (χ1v) is 13.7. The fourth-order valence-electron chi connectivity index (χ4n) is 6.31. The van der Waals surface area contributed by atoms with E-state index < -0.39 is 0 Å². The Morgan fingerprint density at radius 1 is 1.03 bits per heavy atom. The second kappa shape index (κ2) is 10.3.